The van der Waals surface area contributed by atoms with Crippen LogP contribution in [0.1, 0.15) is 29.3 Å². The van der Waals surface area contributed by atoms with Gasteiger partial charge in [0.05, 0.1) is 26.1 Å². The fraction of sp³-hybridized carbons (Fsp3) is 0.273. The van der Waals surface area contributed by atoms with Gasteiger partial charge >= 0.3 is 0 Å². The van der Waals surface area contributed by atoms with E-state index in [1.54, 1.807) is 29.7 Å². The fourth-order valence-corrected chi connectivity index (χ4v) is 4.21. The number of carbonyl (C=O) groups is 1. The van der Waals surface area contributed by atoms with Crippen molar-refractivity contribution in [2.45, 2.75) is 19.0 Å². The number of rotatable bonds is 7. The summed E-state index contributed by atoms with van der Waals surface area (Å²) in [6, 6.07) is 13.4. The molecule has 2 atom stereocenters. The zero-order valence-electron chi connectivity index (χ0n) is 16.5. The normalized spacial score (nSPS) is 17.2. The van der Waals surface area contributed by atoms with Crippen molar-refractivity contribution >= 4 is 23.0 Å². The highest BCUT2D eigenvalue weighted by Gasteiger charge is 2.35. The van der Waals surface area contributed by atoms with E-state index in [0.29, 0.717) is 13.0 Å². The molecule has 0 spiro atoms. The Balaban J connectivity index is 1.53. The Bertz CT molecular complexity index is 965. The molecule has 0 fully saturated rings. The first-order valence-corrected chi connectivity index (χ1v) is 10.5. The lowest BCUT2D eigenvalue weighted by atomic mass is 10.0. The maximum atomic E-state index is 13.1. The molecule has 3 heterocycles. The van der Waals surface area contributed by atoms with Crippen LogP contribution in [0.3, 0.4) is 0 Å². The van der Waals surface area contributed by atoms with Crippen molar-refractivity contribution in [3.05, 3.63) is 76.4 Å². The van der Waals surface area contributed by atoms with Gasteiger partial charge in [0.15, 0.2) is 6.54 Å². The average Bonchev–Trinajstić information content (AvgIpc) is 3.48. The zero-order chi connectivity index (χ0) is 20.2. The van der Waals surface area contributed by atoms with E-state index in [2.05, 4.69) is 21.9 Å². The summed E-state index contributed by atoms with van der Waals surface area (Å²) in [5.41, 5.74) is 3.10. The zero-order valence-corrected chi connectivity index (χ0v) is 17.3. The van der Waals surface area contributed by atoms with Crippen LogP contribution in [0.25, 0.3) is 0 Å². The van der Waals surface area contributed by atoms with Crippen molar-refractivity contribution in [1.29, 1.82) is 0 Å². The minimum absolute atomic E-state index is 0.0114. The molecule has 1 aliphatic heterocycles. The topological polar surface area (TPSA) is 59.5 Å². The van der Waals surface area contributed by atoms with Gasteiger partial charge < -0.3 is 14.1 Å². The number of hydrazone groups is 1. The van der Waals surface area contributed by atoms with Gasteiger partial charge in [-0.1, -0.05) is 0 Å². The van der Waals surface area contributed by atoms with Crippen LogP contribution >= 0.6 is 11.3 Å². The molecule has 0 bridgehead atoms. The van der Waals surface area contributed by atoms with E-state index in [9.17, 15) is 4.79 Å². The number of carbonyl (C=O) groups excluding carboxylic acids is 1. The van der Waals surface area contributed by atoms with Crippen molar-refractivity contribution in [3.8, 4) is 5.75 Å². The van der Waals surface area contributed by atoms with Crippen LogP contribution in [-0.4, -0.2) is 37.3 Å². The lowest BCUT2D eigenvalue weighted by molar-refractivity contribution is -0.885. The SMILES string of the molecule is COc1ccc(C2=NN(C(=O)C[NH+](C)Cc3ccsc3)[C@H](c3ccco3)C2)cc1. The van der Waals surface area contributed by atoms with Crippen molar-refractivity contribution in [3.63, 3.8) is 0 Å². The molecule has 1 unspecified atom stereocenters. The van der Waals surface area contributed by atoms with Crippen LogP contribution in [0.2, 0.25) is 0 Å². The molecule has 6 nitrogen and oxygen atoms in total. The largest absolute Gasteiger partial charge is 0.497 e. The maximum absolute atomic E-state index is 13.1. The van der Waals surface area contributed by atoms with Gasteiger partial charge in [-0.05, 0) is 58.8 Å². The Labute approximate surface area is 174 Å². The number of ether oxygens (including phenoxy) is 1. The third-order valence-corrected chi connectivity index (χ3v) is 5.73. The predicted molar refractivity (Wildman–Crippen MR) is 112 cm³/mol. The molecule has 0 saturated heterocycles. The summed E-state index contributed by atoms with van der Waals surface area (Å²) < 4.78 is 10.9. The first kappa shape index (κ1) is 19.4. The van der Waals surface area contributed by atoms with E-state index in [-0.39, 0.29) is 11.9 Å². The molecule has 4 rings (SSSR count). The van der Waals surface area contributed by atoms with Gasteiger partial charge in [0.1, 0.15) is 24.1 Å². The smallest absolute Gasteiger partial charge is 0.298 e. The van der Waals surface area contributed by atoms with Crippen LogP contribution in [0.15, 0.2) is 69.0 Å². The molecule has 29 heavy (non-hydrogen) atoms. The predicted octanol–water partition coefficient (Wildman–Crippen LogP) is 2.74. The number of amides is 1. The van der Waals surface area contributed by atoms with Crippen LogP contribution in [-0.2, 0) is 11.3 Å². The summed E-state index contributed by atoms with van der Waals surface area (Å²) >= 11 is 1.67. The van der Waals surface area contributed by atoms with Gasteiger partial charge in [-0.15, -0.1) is 0 Å². The maximum Gasteiger partial charge on any atom is 0.298 e. The molecule has 7 heteroatoms. The number of thiophene rings is 1. The molecule has 1 aromatic carbocycles. The first-order valence-electron chi connectivity index (χ1n) is 9.54. The number of methoxy groups -OCH3 is 1. The van der Waals surface area contributed by atoms with Gasteiger partial charge in [0.25, 0.3) is 5.91 Å². The molecular formula is C22H24N3O3S+. The Morgan fingerprint density at radius 3 is 2.79 bits per heavy atom. The Morgan fingerprint density at radius 1 is 1.31 bits per heavy atom. The second-order valence-electron chi connectivity index (χ2n) is 7.19. The van der Waals surface area contributed by atoms with E-state index >= 15 is 0 Å². The summed E-state index contributed by atoms with van der Waals surface area (Å²) in [6.45, 7) is 1.18. The minimum Gasteiger partial charge on any atom is -0.497 e. The second kappa shape index (κ2) is 8.63. The van der Waals surface area contributed by atoms with E-state index < -0.39 is 0 Å². The van der Waals surface area contributed by atoms with Crippen molar-refractivity contribution in [2.24, 2.45) is 5.10 Å². The van der Waals surface area contributed by atoms with E-state index in [4.69, 9.17) is 9.15 Å². The Kier molecular flexibility index (Phi) is 5.78. The molecule has 2 aromatic heterocycles. The van der Waals surface area contributed by atoms with Crippen molar-refractivity contribution in [1.82, 2.24) is 5.01 Å². The first-order chi connectivity index (χ1) is 14.1. The number of quaternary nitrogens is 1. The Morgan fingerprint density at radius 2 is 2.14 bits per heavy atom. The molecule has 1 amide bonds. The van der Waals surface area contributed by atoms with Crippen LogP contribution in [0.5, 0.6) is 5.75 Å². The molecule has 150 valence electrons. The summed E-state index contributed by atoms with van der Waals surface area (Å²) in [5, 5.41) is 10.5. The number of furan rings is 1. The van der Waals surface area contributed by atoms with Gasteiger partial charge in [-0.3, -0.25) is 4.79 Å². The summed E-state index contributed by atoms with van der Waals surface area (Å²) in [4.78, 5) is 14.2. The Hall–Kier alpha value is -2.90. The molecule has 0 aliphatic carbocycles. The minimum atomic E-state index is -0.219. The van der Waals surface area contributed by atoms with E-state index in [0.717, 1.165) is 34.2 Å². The third-order valence-electron chi connectivity index (χ3n) is 5.00. The lowest BCUT2D eigenvalue weighted by Gasteiger charge is -2.21. The van der Waals surface area contributed by atoms with Crippen molar-refractivity contribution < 1.29 is 18.8 Å². The highest BCUT2D eigenvalue weighted by molar-refractivity contribution is 7.07. The fourth-order valence-electron chi connectivity index (χ4n) is 3.54. The standard InChI is InChI=1S/C22H23N3O3S/c1-24(13-16-9-11-29-15-16)14-22(26)25-20(21-4-3-10-28-21)12-19(23-25)17-5-7-18(27-2)8-6-17/h3-11,15,20H,12-14H2,1-2H3/p+1/t20-/m0/s1. The molecule has 1 N–H and O–H groups in total. The number of hydrogen-bond donors (Lipinski definition) is 1. The molecule has 1 aliphatic rings. The molecule has 0 radical (unpaired) electrons. The number of hydrogen-bond acceptors (Lipinski definition) is 5. The number of nitrogens with zero attached hydrogens (tertiary/aromatic N) is 2. The second-order valence-corrected chi connectivity index (χ2v) is 7.97. The average molecular weight is 411 g/mol. The number of benzene rings is 1. The quantitative estimate of drug-likeness (QED) is 0.652. The highest BCUT2D eigenvalue weighted by atomic mass is 32.1. The van der Waals surface area contributed by atoms with Gasteiger partial charge in [0.2, 0.25) is 0 Å². The highest BCUT2D eigenvalue weighted by Crippen LogP contribution is 2.33. The summed E-state index contributed by atoms with van der Waals surface area (Å²) in [6.07, 6.45) is 2.26. The van der Waals surface area contributed by atoms with Crippen molar-refractivity contribution in [2.75, 3.05) is 20.7 Å². The van der Waals surface area contributed by atoms with Crippen LogP contribution in [0, 0.1) is 0 Å². The van der Waals surface area contributed by atoms with Gasteiger partial charge in [-0.2, -0.15) is 16.4 Å². The van der Waals surface area contributed by atoms with Gasteiger partial charge in [0, 0.05) is 12.0 Å². The lowest BCUT2D eigenvalue weighted by Crippen LogP contribution is -3.08. The summed E-state index contributed by atoms with van der Waals surface area (Å²) in [7, 11) is 3.67. The van der Waals surface area contributed by atoms with E-state index in [1.807, 2.05) is 43.4 Å². The molecule has 3 aromatic rings. The summed E-state index contributed by atoms with van der Waals surface area (Å²) in [5.74, 6) is 1.53. The third kappa shape index (κ3) is 4.41. The monoisotopic (exact) mass is 410 g/mol. The van der Waals surface area contributed by atoms with Crippen LogP contribution in [0.4, 0.5) is 0 Å². The number of likely N-dealkylation sites (N-methyl/N-ethyl adjacent to an activating group) is 1. The van der Waals surface area contributed by atoms with Gasteiger partial charge in [-0.25, -0.2) is 5.01 Å². The van der Waals surface area contributed by atoms with Crippen LogP contribution < -0.4 is 9.64 Å². The molecular weight excluding hydrogens is 386 g/mol. The molecule has 0 saturated carbocycles. The van der Waals surface area contributed by atoms with E-state index in [1.165, 1.54) is 5.56 Å². The number of nitrogens with one attached hydrogen (secondary N) is 1.